The van der Waals surface area contributed by atoms with Crippen LogP contribution in [0.25, 0.3) is 0 Å². The number of aromatic carboxylic acids is 1. The van der Waals surface area contributed by atoms with Crippen LogP contribution in [0.15, 0.2) is 18.3 Å². The quantitative estimate of drug-likeness (QED) is 0.836. The van der Waals surface area contributed by atoms with Gasteiger partial charge in [0.15, 0.2) is 0 Å². The van der Waals surface area contributed by atoms with Gasteiger partial charge in [0.1, 0.15) is 12.2 Å². The number of aliphatic hydroxyl groups excluding tert-OH is 1. The maximum Gasteiger partial charge on any atom is 0.406 e. The lowest BCUT2D eigenvalue weighted by atomic mass is 10.2. The van der Waals surface area contributed by atoms with Crippen molar-refractivity contribution < 1.29 is 33.0 Å². The van der Waals surface area contributed by atoms with Gasteiger partial charge in [0.25, 0.3) is 5.91 Å². The summed E-state index contributed by atoms with van der Waals surface area (Å²) in [7, 11) is 0. The Bertz CT molecular complexity index is 487. The van der Waals surface area contributed by atoms with Gasteiger partial charge in [-0.15, -0.1) is 0 Å². The summed E-state index contributed by atoms with van der Waals surface area (Å²) in [5.74, 6) is -2.30. The van der Waals surface area contributed by atoms with E-state index in [-0.39, 0.29) is 11.3 Å². The van der Waals surface area contributed by atoms with E-state index in [1.165, 1.54) is 0 Å². The summed E-state index contributed by atoms with van der Waals surface area (Å²) in [6.07, 6.45) is -3.73. The molecular weight excluding hydrogens is 281 g/mol. The molecular formula is C11H11F3N2O4. The molecule has 1 amide bonds. The molecule has 0 spiro atoms. The Balaban J connectivity index is 2.91. The number of halogens is 3. The molecule has 0 fully saturated rings. The molecule has 1 aromatic heterocycles. The average molecular weight is 292 g/mol. The van der Waals surface area contributed by atoms with E-state index in [9.17, 15) is 22.8 Å². The standard InChI is InChI=1S/C11H11F3N2O4/c12-11(13,14)6-16(3-4-17)9(18)8-2-1-7(5-15-8)10(19)20/h1-2,5,17H,3-4,6H2,(H,19,20). The Morgan fingerprint density at radius 3 is 2.35 bits per heavy atom. The van der Waals surface area contributed by atoms with Crippen LogP contribution in [0.2, 0.25) is 0 Å². The number of carboxylic acids is 1. The number of carbonyl (C=O) groups excluding carboxylic acids is 1. The van der Waals surface area contributed by atoms with Crippen molar-refractivity contribution in [3.05, 3.63) is 29.6 Å². The van der Waals surface area contributed by atoms with Crippen LogP contribution in [0.1, 0.15) is 20.8 Å². The van der Waals surface area contributed by atoms with Crippen LogP contribution in [0.3, 0.4) is 0 Å². The monoisotopic (exact) mass is 292 g/mol. The molecule has 0 atom stereocenters. The zero-order valence-corrected chi connectivity index (χ0v) is 10.1. The van der Waals surface area contributed by atoms with Gasteiger partial charge < -0.3 is 15.1 Å². The molecule has 0 aliphatic rings. The molecule has 0 unspecified atom stereocenters. The number of aliphatic hydroxyl groups is 1. The first kappa shape index (κ1) is 15.9. The van der Waals surface area contributed by atoms with E-state index in [1.807, 2.05) is 0 Å². The summed E-state index contributed by atoms with van der Waals surface area (Å²) < 4.78 is 36.9. The van der Waals surface area contributed by atoms with Gasteiger partial charge in [-0.25, -0.2) is 4.79 Å². The lowest BCUT2D eigenvalue weighted by Gasteiger charge is -2.22. The first-order valence-electron chi connectivity index (χ1n) is 5.41. The number of aromatic nitrogens is 1. The van der Waals surface area contributed by atoms with E-state index in [0.29, 0.717) is 4.90 Å². The minimum Gasteiger partial charge on any atom is -0.478 e. The highest BCUT2D eigenvalue weighted by molar-refractivity contribution is 5.93. The molecule has 0 radical (unpaired) electrons. The van der Waals surface area contributed by atoms with Gasteiger partial charge in [-0.2, -0.15) is 13.2 Å². The first-order valence-corrected chi connectivity index (χ1v) is 5.41. The number of carbonyl (C=O) groups is 2. The van der Waals surface area contributed by atoms with Crippen LogP contribution >= 0.6 is 0 Å². The second-order valence-electron chi connectivity index (χ2n) is 3.80. The zero-order chi connectivity index (χ0) is 15.3. The number of amides is 1. The lowest BCUT2D eigenvalue weighted by Crippen LogP contribution is -2.41. The average Bonchev–Trinajstić information content (AvgIpc) is 2.36. The zero-order valence-electron chi connectivity index (χ0n) is 10.1. The van der Waals surface area contributed by atoms with Gasteiger partial charge in [0.2, 0.25) is 0 Å². The fraction of sp³-hybridized carbons (Fsp3) is 0.364. The highest BCUT2D eigenvalue weighted by Gasteiger charge is 2.33. The summed E-state index contributed by atoms with van der Waals surface area (Å²) >= 11 is 0. The molecule has 1 heterocycles. The van der Waals surface area contributed by atoms with Crippen LogP contribution in [-0.4, -0.2) is 57.8 Å². The van der Waals surface area contributed by atoms with Crippen molar-refractivity contribution in [2.75, 3.05) is 19.7 Å². The minimum atomic E-state index is -4.61. The molecule has 0 saturated heterocycles. The first-order chi connectivity index (χ1) is 9.24. The van der Waals surface area contributed by atoms with Gasteiger partial charge >= 0.3 is 12.1 Å². The summed E-state index contributed by atoms with van der Waals surface area (Å²) in [5.41, 5.74) is -0.515. The lowest BCUT2D eigenvalue weighted by molar-refractivity contribution is -0.141. The van der Waals surface area contributed by atoms with Crippen molar-refractivity contribution in [2.45, 2.75) is 6.18 Å². The molecule has 0 aliphatic carbocycles. The molecule has 0 aliphatic heterocycles. The predicted molar refractivity (Wildman–Crippen MR) is 60.2 cm³/mol. The molecule has 2 N–H and O–H groups in total. The smallest absolute Gasteiger partial charge is 0.406 e. The topological polar surface area (TPSA) is 90.7 Å². The van der Waals surface area contributed by atoms with E-state index in [1.54, 1.807) is 0 Å². The Morgan fingerprint density at radius 1 is 1.30 bits per heavy atom. The van der Waals surface area contributed by atoms with Crippen molar-refractivity contribution in [2.24, 2.45) is 0 Å². The molecule has 0 aromatic carbocycles. The second kappa shape index (κ2) is 6.33. The van der Waals surface area contributed by atoms with Gasteiger partial charge in [-0.1, -0.05) is 0 Å². The molecule has 0 saturated carbocycles. The molecule has 0 bridgehead atoms. The number of nitrogens with zero attached hydrogens (tertiary/aromatic N) is 2. The van der Waals surface area contributed by atoms with Crippen molar-refractivity contribution >= 4 is 11.9 Å². The SMILES string of the molecule is O=C(O)c1ccc(C(=O)N(CCO)CC(F)(F)F)nc1. The number of carboxylic acid groups (broad SMARTS) is 1. The third kappa shape index (κ3) is 4.50. The summed E-state index contributed by atoms with van der Waals surface area (Å²) in [6.45, 7) is -2.65. The van der Waals surface area contributed by atoms with Gasteiger partial charge in [-0.3, -0.25) is 9.78 Å². The highest BCUT2D eigenvalue weighted by Crippen LogP contribution is 2.17. The van der Waals surface area contributed by atoms with E-state index in [2.05, 4.69) is 4.98 Å². The fourth-order valence-corrected chi connectivity index (χ4v) is 1.40. The van der Waals surface area contributed by atoms with E-state index in [4.69, 9.17) is 10.2 Å². The predicted octanol–water partition coefficient (Wildman–Crippen LogP) is 0.777. The van der Waals surface area contributed by atoms with E-state index in [0.717, 1.165) is 18.3 Å². The summed E-state index contributed by atoms with van der Waals surface area (Å²) in [4.78, 5) is 26.3. The third-order valence-electron chi connectivity index (χ3n) is 2.26. The number of alkyl halides is 3. The number of pyridine rings is 1. The second-order valence-corrected chi connectivity index (χ2v) is 3.80. The summed E-state index contributed by atoms with van der Waals surface area (Å²) in [5, 5.41) is 17.3. The molecule has 9 heteroatoms. The Kier molecular flexibility index (Phi) is 5.03. The van der Waals surface area contributed by atoms with E-state index < -0.39 is 37.7 Å². The number of hydrogen-bond acceptors (Lipinski definition) is 4. The van der Waals surface area contributed by atoms with Crippen LogP contribution < -0.4 is 0 Å². The Morgan fingerprint density at radius 2 is 1.95 bits per heavy atom. The van der Waals surface area contributed by atoms with Crippen LogP contribution in [0.5, 0.6) is 0 Å². The van der Waals surface area contributed by atoms with Crippen LogP contribution in [0, 0.1) is 0 Å². The Hall–Kier alpha value is -2.16. The largest absolute Gasteiger partial charge is 0.478 e. The normalized spacial score (nSPS) is 11.2. The minimum absolute atomic E-state index is 0.189. The van der Waals surface area contributed by atoms with Gasteiger partial charge in [0, 0.05) is 12.7 Å². The van der Waals surface area contributed by atoms with E-state index >= 15 is 0 Å². The molecule has 20 heavy (non-hydrogen) atoms. The number of hydrogen-bond donors (Lipinski definition) is 2. The maximum atomic E-state index is 12.3. The van der Waals surface area contributed by atoms with Gasteiger partial charge in [0.05, 0.1) is 12.2 Å². The van der Waals surface area contributed by atoms with Crippen LogP contribution in [0.4, 0.5) is 13.2 Å². The fourth-order valence-electron chi connectivity index (χ4n) is 1.40. The summed E-state index contributed by atoms with van der Waals surface area (Å²) in [6, 6.07) is 2.08. The number of rotatable bonds is 5. The van der Waals surface area contributed by atoms with Crippen molar-refractivity contribution in [1.82, 2.24) is 9.88 Å². The maximum absolute atomic E-state index is 12.3. The van der Waals surface area contributed by atoms with Crippen LogP contribution in [-0.2, 0) is 0 Å². The molecule has 1 aromatic rings. The highest BCUT2D eigenvalue weighted by atomic mass is 19.4. The molecule has 6 nitrogen and oxygen atoms in total. The third-order valence-corrected chi connectivity index (χ3v) is 2.26. The van der Waals surface area contributed by atoms with Gasteiger partial charge in [-0.05, 0) is 12.1 Å². The molecule has 1 rings (SSSR count). The van der Waals surface area contributed by atoms with Crippen molar-refractivity contribution in [1.29, 1.82) is 0 Å². The van der Waals surface area contributed by atoms with Crippen molar-refractivity contribution in [3.8, 4) is 0 Å². The molecule has 110 valence electrons. The van der Waals surface area contributed by atoms with Crippen molar-refractivity contribution in [3.63, 3.8) is 0 Å². The Labute approximate surface area is 111 Å².